The molecule has 0 atom stereocenters. The fourth-order valence-electron chi connectivity index (χ4n) is 3.21. The molecule has 1 amide bonds. The molecule has 1 fully saturated rings. The summed E-state index contributed by atoms with van der Waals surface area (Å²) in [5, 5.41) is 17.9. The molecule has 0 unspecified atom stereocenters. The third kappa shape index (κ3) is 3.71. The number of fused-ring (bicyclic) bond motifs is 1. The SMILES string of the molecule is Cc1c(NC(=O)COC(=O)c2cc(C3CC3)nc3onc(C)c23)cccc1[N+](=O)[O-]. The number of rotatable bonds is 6. The van der Waals surface area contributed by atoms with E-state index in [0.717, 1.165) is 18.5 Å². The Hall–Kier alpha value is -3.82. The van der Waals surface area contributed by atoms with E-state index in [1.807, 2.05) is 0 Å². The Bertz CT molecular complexity index is 1180. The number of esters is 1. The van der Waals surface area contributed by atoms with Crippen LogP contribution in [0.4, 0.5) is 11.4 Å². The molecule has 10 nitrogen and oxygen atoms in total. The van der Waals surface area contributed by atoms with Crippen molar-refractivity contribution < 1.29 is 23.8 Å². The normalized spacial score (nSPS) is 13.3. The molecule has 3 aromatic rings. The highest BCUT2D eigenvalue weighted by molar-refractivity contribution is 6.04. The minimum absolute atomic E-state index is 0.112. The van der Waals surface area contributed by atoms with Crippen LogP contribution in [0.25, 0.3) is 11.1 Å². The Morgan fingerprint density at radius 3 is 2.80 bits per heavy atom. The number of nitrogens with one attached hydrogen (secondary N) is 1. The summed E-state index contributed by atoms with van der Waals surface area (Å²) < 4.78 is 10.4. The lowest BCUT2D eigenvalue weighted by molar-refractivity contribution is -0.385. The number of pyridine rings is 1. The van der Waals surface area contributed by atoms with Crippen LogP contribution in [-0.2, 0) is 9.53 Å². The highest BCUT2D eigenvalue weighted by Gasteiger charge is 2.29. The van der Waals surface area contributed by atoms with Gasteiger partial charge in [-0.3, -0.25) is 14.9 Å². The molecule has 1 saturated carbocycles. The first-order chi connectivity index (χ1) is 14.3. The average molecular weight is 410 g/mol. The molecular weight excluding hydrogens is 392 g/mol. The first-order valence-electron chi connectivity index (χ1n) is 9.33. The van der Waals surface area contributed by atoms with E-state index in [1.54, 1.807) is 13.0 Å². The number of carbonyl (C=O) groups excluding carboxylic acids is 2. The number of hydrogen-bond acceptors (Lipinski definition) is 8. The number of hydrogen-bond donors (Lipinski definition) is 1. The molecule has 10 heteroatoms. The lowest BCUT2D eigenvalue weighted by atomic mass is 10.1. The number of amides is 1. The minimum Gasteiger partial charge on any atom is -0.452 e. The first-order valence-corrected chi connectivity index (χ1v) is 9.33. The van der Waals surface area contributed by atoms with Crippen LogP contribution in [0.5, 0.6) is 0 Å². The largest absolute Gasteiger partial charge is 0.452 e. The van der Waals surface area contributed by atoms with Crippen LogP contribution in [-0.4, -0.2) is 33.5 Å². The summed E-state index contributed by atoms with van der Waals surface area (Å²) in [6.45, 7) is 2.67. The zero-order valence-corrected chi connectivity index (χ0v) is 16.3. The van der Waals surface area contributed by atoms with Gasteiger partial charge in [0.2, 0.25) is 0 Å². The number of benzene rings is 1. The molecule has 0 radical (unpaired) electrons. The highest BCUT2D eigenvalue weighted by atomic mass is 16.6. The van der Waals surface area contributed by atoms with Crippen molar-refractivity contribution >= 4 is 34.4 Å². The van der Waals surface area contributed by atoms with E-state index in [2.05, 4.69) is 15.5 Å². The maximum absolute atomic E-state index is 12.7. The molecule has 1 N–H and O–H groups in total. The minimum atomic E-state index is -0.693. The van der Waals surface area contributed by atoms with Crippen molar-refractivity contribution in [3.63, 3.8) is 0 Å². The molecule has 0 saturated heterocycles. The monoisotopic (exact) mass is 410 g/mol. The van der Waals surface area contributed by atoms with Gasteiger partial charge < -0.3 is 14.6 Å². The van der Waals surface area contributed by atoms with Crippen LogP contribution in [0.2, 0.25) is 0 Å². The lowest BCUT2D eigenvalue weighted by Crippen LogP contribution is -2.21. The van der Waals surface area contributed by atoms with E-state index >= 15 is 0 Å². The first kappa shape index (κ1) is 19.5. The van der Waals surface area contributed by atoms with Crippen molar-refractivity contribution in [2.24, 2.45) is 0 Å². The molecule has 2 aromatic heterocycles. The van der Waals surface area contributed by atoms with Crippen molar-refractivity contribution in [1.29, 1.82) is 0 Å². The van der Waals surface area contributed by atoms with Crippen molar-refractivity contribution in [3.8, 4) is 0 Å². The maximum Gasteiger partial charge on any atom is 0.339 e. The number of carbonyl (C=O) groups is 2. The van der Waals surface area contributed by atoms with Crippen molar-refractivity contribution in [3.05, 3.63) is 56.9 Å². The summed E-state index contributed by atoms with van der Waals surface area (Å²) in [7, 11) is 0. The van der Waals surface area contributed by atoms with E-state index in [-0.39, 0.29) is 28.6 Å². The second kappa shape index (κ2) is 7.54. The quantitative estimate of drug-likeness (QED) is 0.371. The smallest absolute Gasteiger partial charge is 0.339 e. The predicted octanol–water partition coefficient (Wildman–Crippen LogP) is 3.42. The number of aromatic nitrogens is 2. The van der Waals surface area contributed by atoms with Crippen LogP contribution in [0.1, 0.15) is 46.1 Å². The number of aryl methyl sites for hydroxylation is 1. The third-order valence-corrected chi connectivity index (χ3v) is 4.96. The molecule has 2 heterocycles. The molecular formula is C20H18N4O6. The molecule has 4 rings (SSSR count). The Morgan fingerprint density at radius 2 is 2.10 bits per heavy atom. The fraction of sp³-hybridized carbons (Fsp3) is 0.300. The van der Waals surface area contributed by atoms with E-state index in [0.29, 0.717) is 16.6 Å². The second-order valence-corrected chi connectivity index (χ2v) is 7.15. The lowest BCUT2D eigenvalue weighted by Gasteiger charge is -2.10. The number of ether oxygens (including phenoxy) is 1. The standard InChI is InChI=1S/C20H18N4O6/c1-10-14(4-3-5-16(10)24(27)28)21-17(25)9-29-20(26)13-8-15(12-6-7-12)22-19-18(13)11(2)23-30-19/h3-5,8,12H,6-7,9H2,1-2H3,(H,21,25). The average Bonchev–Trinajstić information content (AvgIpc) is 3.50. The number of nitrogens with zero attached hydrogens (tertiary/aromatic N) is 3. The zero-order chi connectivity index (χ0) is 21.4. The van der Waals surface area contributed by atoms with Gasteiger partial charge in [0.15, 0.2) is 6.61 Å². The Balaban J connectivity index is 1.49. The Kier molecular flexibility index (Phi) is 4.90. The predicted molar refractivity (Wildman–Crippen MR) is 105 cm³/mol. The van der Waals surface area contributed by atoms with Gasteiger partial charge >= 0.3 is 5.97 Å². The maximum atomic E-state index is 12.7. The van der Waals surface area contributed by atoms with Gasteiger partial charge in [-0.25, -0.2) is 9.78 Å². The summed E-state index contributed by atoms with van der Waals surface area (Å²) in [6, 6.07) is 6.01. The number of anilines is 1. The van der Waals surface area contributed by atoms with Gasteiger partial charge in [-0.05, 0) is 38.8 Å². The van der Waals surface area contributed by atoms with Gasteiger partial charge in [-0.15, -0.1) is 0 Å². The van der Waals surface area contributed by atoms with Gasteiger partial charge in [0.1, 0.15) is 0 Å². The van der Waals surface area contributed by atoms with Crippen LogP contribution < -0.4 is 5.32 Å². The third-order valence-electron chi connectivity index (χ3n) is 4.96. The second-order valence-electron chi connectivity index (χ2n) is 7.15. The molecule has 0 bridgehead atoms. The zero-order valence-electron chi connectivity index (χ0n) is 16.3. The molecule has 1 aliphatic carbocycles. The van der Waals surface area contributed by atoms with E-state index in [4.69, 9.17) is 9.26 Å². The van der Waals surface area contributed by atoms with Crippen molar-refractivity contribution in [2.75, 3.05) is 11.9 Å². The molecule has 1 aromatic carbocycles. The van der Waals surface area contributed by atoms with Gasteiger partial charge in [-0.2, -0.15) is 0 Å². The molecule has 0 spiro atoms. The number of nitro benzene ring substituents is 1. The van der Waals surface area contributed by atoms with Crippen LogP contribution in [0.3, 0.4) is 0 Å². The van der Waals surface area contributed by atoms with E-state index < -0.39 is 23.4 Å². The Labute approximate surface area is 170 Å². The van der Waals surface area contributed by atoms with Gasteiger partial charge in [0.05, 0.1) is 32.8 Å². The molecule has 1 aliphatic rings. The molecule has 0 aliphatic heterocycles. The van der Waals surface area contributed by atoms with Crippen molar-refractivity contribution in [2.45, 2.75) is 32.6 Å². The van der Waals surface area contributed by atoms with Crippen LogP contribution >= 0.6 is 0 Å². The van der Waals surface area contributed by atoms with Gasteiger partial charge in [0.25, 0.3) is 17.3 Å². The Morgan fingerprint density at radius 1 is 1.33 bits per heavy atom. The summed E-state index contributed by atoms with van der Waals surface area (Å²) in [5.41, 5.74) is 2.24. The summed E-state index contributed by atoms with van der Waals surface area (Å²) in [4.78, 5) is 39.8. The highest BCUT2D eigenvalue weighted by Crippen LogP contribution is 2.40. The van der Waals surface area contributed by atoms with Crippen molar-refractivity contribution in [1.82, 2.24) is 10.1 Å². The van der Waals surface area contributed by atoms with E-state index in [9.17, 15) is 19.7 Å². The van der Waals surface area contributed by atoms with Crippen LogP contribution in [0.15, 0.2) is 28.8 Å². The number of nitro groups is 1. The topological polar surface area (TPSA) is 137 Å². The summed E-state index contributed by atoms with van der Waals surface area (Å²) >= 11 is 0. The van der Waals surface area contributed by atoms with Crippen LogP contribution in [0, 0.1) is 24.0 Å². The van der Waals surface area contributed by atoms with Gasteiger partial charge in [0, 0.05) is 17.7 Å². The summed E-state index contributed by atoms with van der Waals surface area (Å²) in [6.07, 6.45) is 1.98. The fourth-order valence-corrected chi connectivity index (χ4v) is 3.21. The molecule has 154 valence electrons. The molecule has 30 heavy (non-hydrogen) atoms. The van der Waals surface area contributed by atoms with E-state index in [1.165, 1.54) is 25.1 Å². The van der Waals surface area contributed by atoms with Gasteiger partial charge in [-0.1, -0.05) is 11.2 Å². The summed E-state index contributed by atoms with van der Waals surface area (Å²) in [5.74, 6) is -1.02.